The quantitative estimate of drug-likeness (QED) is 0.590. The average Bonchev–Trinajstić information content (AvgIpc) is 2.28. The molecule has 5 nitrogen and oxygen atoms in total. The molecule has 0 unspecified atom stereocenters. The molecule has 0 fully saturated rings. The van der Waals surface area contributed by atoms with E-state index in [4.69, 9.17) is 5.73 Å². The van der Waals surface area contributed by atoms with Crippen LogP contribution in [0.4, 0.5) is 10.5 Å². The first-order valence-corrected chi connectivity index (χ1v) is 7.27. The van der Waals surface area contributed by atoms with Crippen LogP contribution in [0.1, 0.15) is 26.3 Å². The second kappa shape index (κ2) is 6.65. The van der Waals surface area contributed by atoms with Gasteiger partial charge in [-0.25, -0.2) is 4.79 Å². The summed E-state index contributed by atoms with van der Waals surface area (Å²) in [5, 5.41) is 4.95. The number of nitrogens with one attached hydrogen (secondary N) is 2. The topological polar surface area (TPSA) is 84.2 Å². The minimum Gasteiger partial charge on any atom is -0.398 e. The monoisotopic (exact) mass is 295 g/mol. The van der Waals surface area contributed by atoms with E-state index in [9.17, 15) is 9.59 Å². The van der Waals surface area contributed by atoms with E-state index >= 15 is 0 Å². The second-order valence-corrected chi connectivity index (χ2v) is 6.54. The highest BCUT2D eigenvalue weighted by Gasteiger charge is 2.15. The standard InChI is InChI=1S/C14H21N3O2S/c1-9-6-5-7-10(12(9)15)20-8-11(18)16-13(19)17-14(2,3)4/h5-7H,8,15H2,1-4H3,(H2,16,17,18,19). The highest BCUT2D eigenvalue weighted by molar-refractivity contribution is 8.00. The van der Waals surface area contributed by atoms with E-state index in [2.05, 4.69) is 10.6 Å². The number of carbonyl (C=O) groups is 2. The number of anilines is 1. The molecule has 4 N–H and O–H groups in total. The minimum absolute atomic E-state index is 0.144. The molecule has 0 aliphatic heterocycles. The first-order valence-electron chi connectivity index (χ1n) is 6.29. The molecule has 0 radical (unpaired) electrons. The number of hydrogen-bond donors (Lipinski definition) is 3. The zero-order chi connectivity index (χ0) is 15.3. The number of urea groups is 1. The predicted octanol–water partition coefficient (Wildman–Crippen LogP) is 2.29. The fourth-order valence-corrected chi connectivity index (χ4v) is 2.31. The Morgan fingerprint density at radius 1 is 1.30 bits per heavy atom. The number of amides is 3. The molecule has 0 bridgehead atoms. The van der Waals surface area contributed by atoms with Crippen molar-refractivity contribution < 1.29 is 9.59 Å². The van der Waals surface area contributed by atoms with Crippen molar-refractivity contribution in [2.24, 2.45) is 0 Å². The van der Waals surface area contributed by atoms with Gasteiger partial charge in [-0.2, -0.15) is 0 Å². The first kappa shape index (κ1) is 16.4. The number of nitrogen functional groups attached to an aromatic ring is 1. The van der Waals surface area contributed by atoms with Crippen LogP contribution in [-0.2, 0) is 4.79 Å². The van der Waals surface area contributed by atoms with E-state index in [0.717, 1.165) is 10.5 Å². The third kappa shape index (κ3) is 5.52. The van der Waals surface area contributed by atoms with Gasteiger partial charge in [-0.1, -0.05) is 12.1 Å². The third-order valence-corrected chi connectivity index (χ3v) is 3.46. The summed E-state index contributed by atoms with van der Waals surface area (Å²) in [6.07, 6.45) is 0. The largest absolute Gasteiger partial charge is 0.398 e. The number of aryl methyl sites for hydroxylation is 1. The molecule has 0 saturated carbocycles. The molecule has 0 heterocycles. The Kier molecular flexibility index (Phi) is 5.44. The highest BCUT2D eigenvalue weighted by atomic mass is 32.2. The summed E-state index contributed by atoms with van der Waals surface area (Å²) in [5.41, 5.74) is 7.19. The highest BCUT2D eigenvalue weighted by Crippen LogP contribution is 2.26. The molecule has 110 valence electrons. The summed E-state index contributed by atoms with van der Waals surface area (Å²) in [6, 6.07) is 5.17. The van der Waals surface area contributed by atoms with Gasteiger partial charge in [0.15, 0.2) is 0 Å². The maximum atomic E-state index is 11.7. The number of rotatable bonds is 3. The smallest absolute Gasteiger partial charge is 0.321 e. The molecular weight excluding hydrogens is 274 g/mol. The summed E-state index contributed by atoms with van der Waals surface area (Å²) < 4.78 is 0. The number of para-hydroxylation sites is 1. The number of nitrogens with two attached hydrogens (primary N) is 1. The summed E-state index contributed by atoms with van der Waals surface area (Å²) in [7, 11) is 0. The van der Waals surface area contributed by atoms with Crippen LogP contribution in [0.3, 0.4) is 0 Å². The first-order chi connectivity index (χ1) is 9.19. The lowest BCUT2D eigenvalue weighted by Crippen LogP contribution is -2.48. The van der Waals surface area contributed by atoms with E-state index in [1.807, 2.05) is 45.9 Å². The van der Waals surface area contributed by atoms with Crippen LogP contribution in [0.15, 0.2) is 23.1 Å². The number of carbonyl (C=O) groups excluding carboxylic acids is 2. The van der Waals surface area contributed by atoms with Crippen LogP contribution in [0.5, 0.6) is 0 Å². The molecule has 1 rings (SSSR count). The van der Waals surface area contributed by atoms with E-state index in [1.54, 1.807) is 0 Å². The van der Waals surface area contributed by atoms with Gasteiger partial charge in [0.1, 0.15) is 0 Å². The molecule has 0 aromatic heterocycles. The van der Waals surface area contributed by atoms with E-state index < -0.39 is 6.03 Å². The predicted molar refractivity (Wildman–Crippen MR) is 82.7 cm³/mol. The Bertz CT molecular complexity index is 510. The Balaban J connectivity index is 2.48. The van der Waals surface area contributed by atoms with Crippen molar-refractivity contribution in [1.82, 2.24) is 10.6 Å². The fourth-order valence-electron chi connectivity index (χ4n) is 1.46. The summed E-state index contributed by atoms with van der Waals surface area (Å²) >= 11 is 1.31. The van der Waals surface area contributed by atoms with Crippen LogP contribution in [0.25, 0.3) is 0 Å². The Morgan fingerprint density at radius 2 is 1.95 bits per heavy atom. The van der Waals surface area contributed by atoms with Gasteiger partial charge in [0.25, 0.3) is 0 Å². The van der Waals surface area contributed by atoms with Crippen molar-refractivity contribution in [1.29, 1.82) is 0 Å². The van der Waals surface area contributed by atoms with E-state index in [1.165, 1.54) is 11.8 Å². The molecule has 1 aromatic carbocycles. The van der Waals surface area contributed by atoms with Crippen molar-refractivity contribution in [3.8, 4) is 0 Å². The lowest BCUT2D eigenvalue weighted by atomic mass is 10.1. The number of benzene rings is 1. The zero-order valence-corrected chi connectivity index (χ0v) is 13.1. The number of imide groups is 1. The third-order valence-electron chi connectivity index (χ3n) is 2.38. The van der Waals surface area contributed by atoms with Crippen molar-refractivity contribution in [3.05, 3.63) is 23.8 Å². The van der Waals surface area contributed by atoms with Gasteiger partial charge >= 0.3 is 6.03 Å². The zero-order valence-electron chi connectivity index (χ0n) is 12.2. The Labute approximate surface area is 123 Å². The molecule has 20 heavy (non-hydrogen) atoms. The van der Waals surface area contributed by atoms with Crippen LogP contribution < -0.4 is 16.4 Å². The van der Waals surface area contributed by atoms with Gasteiger partial charge in [-0.3, -0.25) is 10.1 Å². The van der Waals surface area contributed by atoms with Crippen molar-refractivity contribution in [2.45, 2.75) is 38.1 Å². The molecule has 0 aliphatic carbocycles. The maximum absolute atomic E-state index is 11.7. The molecule has 1 aromatic rings. The second-order valence-electron chi connectivity index (χ2n) is 5.53. The van der Waals surface area contributed by atoms with E-state index in [-0.39, 0.29) is 17.2 Å². The molecule has 0 atom stereocenters. The molecule has 3 amide bonds. The van der Waals surface area contributed by atoms with Gasteiger partial charge in [-0.05, 0) is 39.3 Å². The van der Waals surface area contributed by atoms with Crippen molar-refractivity contribution in [2.75, 3.05) is 11.5 Å². The number of thioether (sulfide) groups is 1. The summed E-state index contributed by atoms with van der Waals surface area (Å²) in [5.74, 6) is -0.205. The van der Waals surface area contributed by atoms with Crippen LogP contribution in [-0.4, -0.2) is 23.2 Å². The van der Waals surface area contributed by atoms with Crippen LogP contribution >= 0.6 is 11.8 Å². The van der Waals surface area contributed by atoms with Crippen LogP contribution in [0, 0.1) is 6.92 Å². The molecule has 0 spiro atoms. The van der Waals surface area contributed by atoms with Gasteiger partial charge in [0.05, 0.1) is 5.75 Å². The SMILES string of the molecule is Cc1cccc(SCC(=O)NC(=O)NC(C)(C)C)c1N. The fraction of sp³-hybridized carbons (Fsp3) is 0.429. The van der Waals surface area contributed by atoms with Gasteiger partial charge in [0.2, 0.25) is 5.91 Å². The summed E-state index contributed by atoms with van der Waals surface area (Å²) in [6.45, 7) is 7.45. The van der Waals surface area contributed by atoms with Gasteiger partial charge < -0.3 is 11.1 Å². The maximum Gasteiger partial charge on any atom is 0.321 e. The molecule has 0 aliphatic rings. The Hall–Kier alpha value is -1.69. The van der Waals surface area contributed by atoms with Gasteiger partial charge in [-0.15, -0.1) is 11.8 Å². The normalized spacial score (nSPS) is 11.0. The summed E-state index contributed by atoms with van der Waals surface area (Å²) in [4.78, 5) is 24.0. The Morgan fingerprint density at radius 3 is 2.55 bits per heavy atom. The number of hydrogen-bond acceptors (Lipinski definition) is 4. The van der Waals surface area contributed by atoms with Crippen molar-refractivity contribution >= 4 is 29.4 Å². The lowest BCUT2D eigenvalue weighted by molar-refractivity contribution is -0.117. The van der Waals surface area contributed by atoms with E-state index in [0.29, 0.717) is 5.69 Å². The molecular formula is C14H21N3O2S. The van der Waals surface area contributed by atoms with Gasteiger partial charge in [0, 0.05) is 16.1 Å². The lowest BCUT2D eigenvalue weighted by Gasteiger charge is -2.20. The molecule has 0 saturated heterocycles. The molecule has 6 heteroatoms. The van der Waals surface area contributed by atoms with Crippen molar-refractivity contribution in [3.63, 3.8) is 0 Å². The minimum atomic E-state index is -0.486. The van der Waals surface area contributed by atoms with Crippen LogP contribution in [0.2, 0.25) is 0 Å². The average molecular weight is 295 g/mol.